The Balaban J connectivity index is 2.71. The molecule has 0 fully saturated rings. The molecule has 0 unspecified atom stereocenters. The molecular formula is C20H23NO5. The molecule has 26 heavy (non-hydrogen) atoms. The van der Waals surface area contributed by atoms with E-state index in [0.29, 0.717) is 11.4 Å². The van der Waals surface area contributed by atoms with E-state index in [4.69, 9.17) is 14.2 Å². The Morgan fingerprint density at radius 3 is 2.35 bits per heavy atom. The van der Waals surface area contributed by atoms with Crippen LogP contribution in [0, 0.1) is 6.92 Å². The lowest BCUT2D eigenvalue weighted by molar-refractivity contribution is -0.139. The van der Waals surface area contributed by atoms with Gasteiger partial charge in [0.25, 0.3) is 0 Å². The van der Waals surface area contributed by atoms with Crippen LogP contribution in [0.5, 0.6) is 5.75 Å². The minimum atomic E-state index is -0.654. The van der Waals surface area contributed by atoms with Gasteiger partial charge < -0.3 is 19.1 Å². The second-order valence-corrected chi connectivity index (χ2v) is 5.95. The second kappa shape index (κ2) is 8.38. The first kappa shape index (κ1) is 19.3. The highest BCUT2D eigenvalue weighted by atomic mass is 16.5. The van der Waals surface area contributed by atoms with E-state index in [1.807, 2.05) is 39.0 Å². The molecule has 1 aromatic carbocycles. The van der Waals surface area contributed by atoms with Gasteiger partial charge in [0.2, 0.25) is 0 Å². The van der Waals surface area contributed by atoms with Gasteiger partial charge in [-0.25, -0.2) is 9.59 Å². The van der Waals surface area contributed by atoms with Gasteiger partial charge in [-0.2, -0.15) is 0 Å². The van der Waals surface area contributed by atoms with E-state index in [2.05, 4.69) is 0 Å². The number of carbonyl (C=O) groups is 2. The van der Waals surface area contributed by atoms with Gasteiger partial charge in [-0.1, -0.05) is 12.1 Å². The van der Waals surface area contributed by atoms with Gasteiger partial charge in [-0.15, -0.1) is 0 Å². The first-order chi connectivity index (χ1) is 12.4. The van der Waals surface area contributed by atoms with Crippen molar-refractivity contribution in [2.24, 2.45) is 0 Å². The summed E-state index contributed by atoms with van der Waals surface area (Å²) in [6.07, 6.45) is 6.53. The van der Waals surface area contributed by atoms with Crippen LogP contribution in [0.25, 0.3) is 0 Å². The van der Waals surface area contributed by atoms with Crippen molar-refractivity contribution in [2.45, 2.75) is 26.9 Å². The lowest BCUT2D eigenvalue weighted by Crippen LogP contribution is -2.27. The van der Waals surface area contributed by atoms with E-state index >= 15 is 0 Å². The van der Waals surface area contributed by atoms with Crippen molar-refractivity contribution < 1.29 is 23.8 Å². The van der Waals surface area contributed by atoms with Crippen LogP contribution in [0.15, 0.2) is 53.9 Å². The van der Waals surface area contributed by atoms with E-state index in [-0.39, 0.29) is 17.4 Å². The molecule has 1 aromatic rings. The van der Waals surface area contributed by atoms with E-state index < -0.39 is 11.9 Å². The number of hydrogen-bond acceptors (Lipinski definition) is 6. The molecule has 1 heterocycles. The van der Waals surface area contributed by atoms with Crippen LogP contribution in [0.1, 0.15) is 19.4 Å². The van der Waals surface area contributed by atoms with Crippen molar-refractivity contribution in [1.82, 2.24) is 0 Å². The highest BCUT2D eigenvalue weighted by Gasteiger charge is 2.29. The number of ether oxygens (including phenoxy) is 3. The van der Waals surface area contributed by atoms with Gasteiger partial charge in [0.1, 0.15) is 11.4 Å². The Labute approximate surface area is 153 Å². The van der Waals surface area contributed by atoms with Crippen LogP contribution < -0.4 is 9.64 Å². The number of hydrogen-bond donors (Lipinski definition) is 0. The maximum absolute atomic E-state index is 12.5. The lowest BCUT2D eigenvalue weighted by atomic mass is 10.1. The first-order valence-electron chi connectivity index (χ1n) is 8.21. The average Bonchev–Trinajstić information content (AvgIpc) is 2.84. The number of nitrogens with zero attached hydrogens (tertiary/aromatic N) is 1. The van der Waals surface area contributed by atoms with Crippen LogP contribution in [0.3, 0.4) is 0 Å². The third-order valence-corrected chi connectivity index (χ3v) is 3.63. The number of allylic oxidation sites excluding steroid dienone is 2. The molecule has 0 atom stereocenters. The smallest absolute Gasteiger partial charge is 0.355 e. The van der Waals surface area contributed by atoms with Gasteiger partial charge >= 0.3 is 11.9 Å². The molecule has 0 saturated heterocycles. The van der Waals surface area contributed by atoms with Crippen LogP contribution in [0.2, 0.25) is 0 Å². The highest BCUT2D eigenvalue weighted by molar-refractivity contribution is 6.05. The first-order valence-corrected chi connectivity index (χ1v) is 8.21. The molecule has 1 aliphatic rings. The molecule has 0 spiro atoms. The van der Waals surface area contributed by atoms with Crippen LogP contribution in [-0.4, -0.2) is 32.3 Å². The number of methoxy groups -OCH3 is 2. The Morgan fingerprint density at radius 1 is 1.04 bits per heavy atom. The molecule has 6 nitrogen and oxygen atoms in total. The monoisotopic (exact) mass is 357 g/mol. The van der Waals surface area contributed by atoms with Crippen LogP contribution >= 0.6 is 0 Å². The van der Waals surface area contributed by atoms with Crippen LogP contribution in [-0.2, 0) is 19.1 Å². The minimum absolute atomic E-state index is 0.0588. The third-order valence-electron chi connectivity index (χ3n) is 3.63. The quantitative estimate of drug-likeness (QED) is 0.754. The largest absolute Gasteiger partial charge is 0.489 e. The molecule has 0 aromatic heterocycles. The van der Waals surface area contributed by atoms with E-state index in [0.717, 1.165) is 5.56 Å². The van der Waals surface area contributed by atoms with Crippen molar-refractivity contribution in [3.05, 3.63) is 59.5 Å². The number of rotatable bonds is 5. The average molecular weight is 357 g/mol. The summed E-state index contributed by atoms with van der Waals surface area (Å²) in [5.41, 5.74) is 1.76. The lowest BCUT2D eigenvalue weighted by Gasteiger charge is -2.26. The summed E-state index contributed by atoms with van der Waals surface area (Å²) < 4.78 is 15.6. The van der Waals surface area contributed by atoms with Gasteiger partial charge in [0.15, 0.2) is 0 Å². The molecule has 0 bridgehead atoms. The number of aryl methyl sites for hydroxylation is 1. The molecule has 1 aliphatic heterocycles. The zero-order valence-corrected chi connectivity index (χ0v) is 15.6. The van der Waals surface area contributed by atoms with Gasteiger partial charge in [-0.3, -0.25) is 0 Å². The Kier molecular flexibility index (Phi) is 6.22. The fourth-order valence-corrected chi connectivity index (χ4v) is 2.52. The van der Waals surface area contributed by atoms with Crippen LogP contribution in [0.4, 0.5) is 5.69 Å². The molecule has 138 valence electrons. The number of benzene rings is 1. The fraction of sp³-hybridized carbons (Fsp3) is 0.300. The summed E-state index contributed by atoms with van der Waals surface area (Å²) in [6, 6.07) is 5.64. The van der Waals surface area contributed by atoms with E-state index in [9.17, 15) is 9.59 Å². The molecule has 0 amide bonds. The summed E-state index contributed by atoms with van der Waals surface area (Å²) >= 11 is 0. The summed E-state index contributed by atoms with van der Waals surface area (Å²) in [7, 11) is 2.53. The standard InChI is InChI=1S/C20H23NO5/c1-13(2)26-17-10-9-14(3)12-16(17)21-11-7-6-8-15(19(22)24-4)18(21)20(23)25-5/h6-13H,1-5H3. The molecule has 2 rings (SSSR count). The maximum atomic E-state index is 12.5. The number of esters is 2. The summed E-state index contributed by atoms with van der Waals surface area (Å²) in [5, 5.41) is 0. The Hall–Kier alpha value is -3.02. The number of carbonyl (C=O) groups excluding carboxylic acids is 2. The second-order valence-electron chi connectivity index (χ2n) is 5.95. The molecule has 0 N–H and O–H groups in total. The number of anilines is 1. The normalized spacial score (nSPS) is 13.7. The third kappa shape index (κ3) is 4.14. The summed E-state index contributed by atoms with van der Waals surface area (Å²) in [5.74, 6) is -0.698. The topological polar surface area (TPSA) is 65.1 Å². The fourth-order valence-electron chi connectivity index (χ4n) is 2.52. The Morgan fingerprint density at radius 2 is 1.73 bits per heavy atom. The molecular weight excluding hydrogens is 334 g/mol. The highest BCUT2D eigenvalue weighted by Crippen LogP contribution is 2.35. The van der Waals surface area contributed by atoms with Crippen molar-refractivity contribution >= 4 is 17.6 Å². The van der Waals surface area contributed by atoms with E-state index in [1.54, 1.807) is 23.3 Å². The molecule has 0 radical (unpaired) electrons. The predicted molar refractivity (Wildman–Crippen MR) is 98.8 cm³/mol. The molecule has 6 heteroatoms. The maximum Gasteiger partial charge on any atom is 0.355 e. The minimum Gasteiger partial charge on any atom is -0.489 e. The van der Waals surface area contributed by atoms with Gasteiger partial charge in [0.05, 0.1) is 31.6 Å². The zero-order valence-electron chi connectivity index (χ0n) is 15.6. The van der Waals surface area contributed by atoms with Crippen molar-refractivity contribution in [2.75, 3.05) is 19.1 Å². The molecule has 0 aliphatic carbocycles. The SMILES string of the molecule is COC(=O)C1=C(C(=O)OC)N(c2cc(C)ccc2OC(C)C)C=CC=C1. The summed E-state index contributed by atoms with van der Waals surface area (Å²) in [4.78, 5) is 26.3. The van der Waals surface area contributed by atoms with Crippen molar-refractivity contribution in [3.8, 4) is 5.75 Å². The van der Waals surface area contributed by atoms with Gasteiger partial charge in [-0.05, 0) is 50.6 Å². The van der Waals surface area contributed by atoms with Gasteiger partial charge in [0, 0.05) is 6.20 Å². The predicted octanol–water partition coefficient (Wildman–Crippen LogP) is 3.27. The Bertz CT molecular complexity index is 789. The molecule has 0 saturated carbocycles. The van der Waals surface area contributed by atoms with Crippen molar-refractivity contribution in [1.29, 1.82) is 0 Å². The zero-order chi connectivity index (χ0) is 19.3. The summed E-state index contributed by atoms with van der Waals surface area (Å²) in [6.45, 7) is 5.77. The van der Waals surface area contributed by atoms with Crippen molar-refractivity contribution in [3.63, 3.8) is 0 Å². The van der Waals surface area contributed by atoms with E-state index in [1.165, 1.54) is 20.3 Å².